The zero-order chi connectivity index (χ0) is 13.3. The average molecular weight is 291 g/mol. The van der Waals surface area contributed by atoms with Crippen LogP contribution < -0.4 is 4.90 Å². The molecule has 1 aromatic heterocycles. The number of aromatic nitrogens is 1. The van der Waals surface area contributed by atoms with E-state index in [0.29, 0.717) is 22.9 Å². The second-order valence-corrected chi connectivity index (χ2v) is 7.08. The highest BCUT2D eigenvalue weighted by atomic mass is 35.5. The summed E-state index contributed by atoms with van der Waals surface area (Å²) in [6.45, 7) is 2.11. The van der Waals surface area contributed by atoms with Crippen molar-refractivity contribution in [3.8, 4) is 0 Å². The van der Waals surface area contributed by atoms with Crippen molar-refractivity contribution in [2.24, 2.45) is 0 Å². The Labute approximate surface area is 111 Å². The highest BCUT2D eigenvalue weighted by Crippen LogP contribution is 2.24. The van der Waals surface area contributed by atoms with Crippen molar-refractivity contribution in [2.45, 2.75) is 19.6 Å². The minimum Gasteiger partial charge on any atom is -0.392 e. The molecule has 1 aromatic rings. The van der Waals surface area contributed by atoms with Crippen molar-refractivity contribution >= 4 is 27.3 Å². The number of hydrogen-bond donors (Lipinski definition) is 1. The predicted molar refractivity (Wildman–Crippen MR) is 70.6 cm³/mol. The van der Waals surface area contributed by atoms with E-state index in [1.165, 1.54) is 6.20 Å². The molecule has 7 heteroatoms. The fourth-order valence-corrected chi connectivity index (χ4v) is 3.80. The first-order valence-corrected chi connectivity index (χ1v) is 7.85. The number of rotatable bonds is 2. The van der Waals surface area contributed by atoms with E-state index in [9.17, 15) is 8.42 Å². The first-order chi connectivity index (χ1) is 8.43. The van der Waals surface area contributed by atoms with E-state index >= 15 is 0 Å². The van der Waals surface area contributed by atoms with Crippen LogP contribution in [-0.4, -0.2) is 42.6 Å². The lowest BCUT2D eigenvalue weighted by atomic mass is 10.2. The maximum atomic E-state index is 11.5. The number of aliphatic hydroxyl groups excluding tert-OH is 1. The topological polar surface area (TPSA) is 70.5 Å². The zero-order valence-corrected chi connectivity index (χ0v) is 11.6. The van der Waals surface area contributed by atoms with Gasteiger partial charge < -0.3 is 10.0 Å². The quantitative estimate of drug-likeness (QED) is 0.874. The van der Waals surface area contributed by atoms with Crippen LogP contribution in [-0.2, 0) is 16.4 Å². The molecule has 0 bridgehead atoms. The van der Waals surface area contributed by atoms with E-state index < -0.39 is 9.84 Å². The molecule has 0 aromatic carbocycles. The highest BCUT2D eigenvalue weighted by molar-refractivity contribution is 7.91. The summed E-state index contributed by atoms with van der Waals surface area (Å²) in [6, 6.07) is 1.58. The lowest BCUT2D eigenvalue weighted by Gasteiger charge is -2.34. The van der Waals surface area contributed by atoms with Gasteiger partial charge >= 0.3 is 0 Å². The van der Waals surface area contributed by atoms with Crippen LogP contribution >= 0.6 is 11.6 Å². The maximum Gasteiger partial charge on any atom is 0.154 e. The monoisotopic (exact) mass is 290 g/mol. The van der Waals surface area contributed by atoms with E-state index in [1.807, 2.05) is 11.8 Å². The van der Waals surface area contributed by atoms with Crippen LogP contribution in [0.4, 0.5) is 5.82 Å². The molecule has 2 rings (SSSR count). The van der Waals surface area contributed by atoms with Gasteiger partial charge in [-0.05, 0) is 13.0 Å². The molecule has 2 heterocycles. The molecule has 18 heavy (non-hydrogen) atoms. The number of hydrogen-bond acceptors (Lipinski definition) is 5. The van der Waals surface area contributed by atoms with Crippen LogP contribution in [0.2, 0.25) is 5.02 Å². The van der Waals surface area contributed by atoms with Gasteiger partial charge in [-0.1, -0.05) is 11.6 Å². The standard InChI is InChI=1S/C11H15ClN2O3S/c1-8-7-18(16,17)3-2-14(8)11-4-9(6-15)10(12)5-13-11/h4-5,8,15H,2-3,6-7H2,1H3. The smallest absolute Gasteiger partial charge is 0.154 e. The lowest BCUT2D eigenvalue weighted by molar-refractivity contribution is 0.282. The second-order valence-electron chi connectivity index (χ2n) is 4.45. The molecule has 1 aliphatic rings. The third kappa shape index (κ3) is 2.76. The molecular formula is C11H15ClN2O3S. The van der Waals surface area contributed by atoms with Gasteiger partial charge in [-0.15, -0.1) is 0 Å². The Morgan fingerprint density at radius 3 is 2.94 bits per heavy atom. The molecule has 1 aliphatic heterocycles. The van der Waals surface area contributed by atoms with E-state index in [0.717, 1.165) is 0 Å². The minimum absolute atomic E-state index is 0.121. The fraction of sp³-hybridized carbons (Fsp3) is 0.545. The summed E-state index contributed by atoms with van der Waals surface area (Å²) in [6.07, 6.45) is 1.48. The first kappa shape index (κ1) is 13.6. The summed E-state index contributed by atoms with van der Waals surface area (Å²) in [5.41, 5.74) is 0.599. The molecule has 1 atom stereocenters. The Bertz CT molecular complexity index is 547. The van der Waals surface area contributed by atoms with Gasteiger partial charge in [0.2, 0.25) is 0 Å². The SMILES string of the molecule is CC1CS(=O)(=O)CCN1c1cc(CO)c(Cl)cn1. The average Bonchev–Trinajstić information content (AvgIpc) is 2.29. The molecule has 1 unspecified atom stereocenters. The summed E-state index contributed by atoms with van der Waals surface area (Å²) in [7, 11) is -2.94. The van der Waals surface area contributed by atoms with Crippen molar-refractivity contribution in [1.29, 1.82) is 0 Å². The van der Waals surface area contributed by atoms with E-state index in [4.69, 9.17) is 16.7 Å². The minimum atomic E-state index is -2.94. The van der Waals surface area contributed by atoms with Gasteiger partial charge in [0.25, 0.3) is 0 Å². The van der Waals surface area contributed by atoms with Crippen LogP contribution in [0.15, 0.2) is 12.3 Å². The summed E-state index contributed by atoms with van der Waals surface area (Å²) < 4.78 is 23.0. The largest absolute Gasteiger partial charge is 0.392 e. The van der Waals surface area contributed by atoms with Crippen molar-refractivity contribution in [2.75, 3.05) is 23.0 Å². The predicted octanol–water partition coefficient (Wildman–Crippen LogP) is 0.851. The molecule has 0 radical (unpaired) electrons. The summed E-state index contributed by atoms with van der Waals surface area (Å²) in [5, 5.41) is 9.58. The first-order valence-electron chi connectivity index (χ1n) is 5.65. The van der Waals surface area contributed by atoms with Crippen LogP contribution in [0.25, 0.3) is 0 Å². The fourth-order valence-electron chi connectivity index (χ4n) is 2.08. The number of nitrogens with zero attached hydrogens (tertiary/aromatic N) is 2. The third-order valence-electron chi connectivity index (χ3n) is 3.06. The second kappa shape index (κ2) is 5.03. The van der Waals surface area contributed by atoms with Crippen molar-refractivity contribution in [1.82, 2.24) is 4.98 Å². The normalized spacial score (nSPS) is 23.1. The highest BCUT2D eigenvalue weighted by Gasteiger charge is 2.29. The summed E-state index contributed by atoms with van der Waals surface area (Å²) >= 11 is 5.88. The number of pyridine rings is 1. The van der Waals surface area contributed by atoms with Gasteiger partial charge in [-0.3, -0.25) is 0 Å². The molecule has 100 valence electrons. The van der Waals surface area contributed by atoms with Crippen LogP contribution in [0.1, 0.15) is 12.5 Å². The van der Waals surface area contributed by atoms with Gasteiger partial charge in [0.05, 0.1) is 23.1 Å². The molecule has 0 aliphatic carbocycles. The Hall–Kier alpha value is -0.850. The Morgan fingerprint density at radius 2 is 2.33 bits per heavy atom. The van der Waals surface area contributed by atoms with E-state index in [1.54, 1.807) is 6.07 Å². The molecular weight excluding hydrogens is 276 g/mol. The summed E-state index contributed by atoms with van der Waals surface area (Å²) in [5.74, 6) is 0.924. The van der Waals surface area contributed by atoms with Gasteiger partial charge in [0.15, 0.2) is 9.84 Å². The third-order valence-corrected chi connectivity index (χ3v) is 5.19. The van der Waals surface area contributed by atoms with Crippen molar-refractivity contribution in [3.63, 3.8) is 0 Å². The number of sulfone groups is 1. The van der Waals surface area contributed by atoms with Crippen molar-refractivity contribution in [3.05, 3.63) is 22.8 Å². The van der Waals surface area contributed by atoms with Gasteiger partial charge in [-0.25, -0.2) is 13.4 Å². The van der Waals surface area contributed by atoms with Gasteiger partial charge in [0.1, 0.15) is 5.82 Å². The number of anilines is 1. The van der Waals surface area contributed by atoms with Crippen molar-refractivity contribution < 1.29 is 13.5 Å². The van der Waals surface area contributed by atoms with Crippen LogP contribution in [0.5, 0.6) is 0 Å². The molecule has 1 N–H and O–H groups in total. The van der Waals surface area contributed by atoms with Gasteiger partial charge in [-0.2, -0.15) is 0 Å². The zero-order valence-electron chi connectivity index (χ0n) is 10.0. The van der Waals surface area contributed by atoms with Crippen LogP contribution in [0.3, 0.4) is 0 Å². The number of aliphatic hydroxyl groups is 1. The summed E-state index contributed by atoms with van der Waals surface area (Å²) in [4.78, 5) is 6.12. The Balaban J connectivity index is 2.27. The van der Waals surface area contributed by atoms with Gasteiger partial charge in [0, 0.05) is 24.3 Å². The number of halogens is 1. The van der Waals surface area contributed by atoms with Crippen LogP contribution in [0, 0.1) is 0 Å². The molecule has 0 spiro atoms. The lowest BCUT2D eigenvalue weighted by Crippen LogP contribution is -2.47. The molecule has 1 saturated heterocycles. The molecule has 1 fully saturated rings. The molecule has 5 nitrogen and oxygen atoms in total. The Kier molecular flexibility index (Phi) is 3.79. The maximum absolute atomic E-state index is 11.5. The molecule has 0 amide bonds. The van der Waals surface area contributed by atoms with E-state index in [2.05, 4.69) is 4.98 Å². The van der Waals surface area contributed by atoms with E-state index in [-0.39, 0.29) is 24.2 Å². The molecule has 0 saturated carbocycles. The Morgan fingerprint density at radius 1 is 1.61 bits per heavy atom.